The number of allylic oxidation sites excluding steroid dienone is 4. The van der Waals surface area contributed by atoms with E-state index in [-0.39, 0.29) is 39.1 Å². The molecule has 42 heavy (non-hydrogen) atoms. The number of methoxy groups -OCH3 is 1. The van der Waals surface area contributed by atoms with Crippen molar-refractivity contribution in [2.24, 2.45) is 22.7 Å². The van der Waals surface area contributed by atoms with Crippen molar-refractivity contribution in [3.05, 3.63) is 76.9 Å². The molecule has 1 aliphatic heterocycles. The third kappa shape index (κ3) is 5.57. The molecule has 0 unspecified atom stereocenters. The number of fused-ring (bicyclic) bond motifs is 1. The van der Waals surface area contributed by atoms with Gasteiger partial charge in [-0.1, -0.05) is 75.8 Å². The van der Waals surface area contributed by atoms with E-state index >= 15 is 0 Å². The number of ketones is 1. The molecule has 2 aromatic carbocycles. The number of rotatable bonds is 9. The fraction of sp³-hybridized carbons (Fsp3) is 0.444. The van der Waals surface area contributed by atoms with Crippen molar-refractivity contribution < 1.29 is 29.3 Å². The summed E-state index contributed by atoms with van der Waals surface area (Å²) in [6.45, 7) is 8.01. The van der Waals surface area contributed by atoms with Gasteiger partial charge in [-0.25, -0.2) is 0 Å². The molecule has 0 bridgehead atoms. The van der Waals surface area contributed by atoms with E-state index in [9.17, 15) is 19.8 Å². The molecule has 3 fully saturated rings. The zero-order chi connectivity index (χ0) is 30.1. The predicted molar refractivity (Wildman–Crippen MR) is 165 cm³/mol. The summed E-state index contributed by atoms with van der Waals surface area (Å²) in [6, 6.07) is 10.6. The summed E-state index contributed by atoms with van der Waals surface area (Å²) in [6.07, 6.45) is 15.4. The molecule has 5 rings (SSSR count). The second-order valence-corrected chi connectivity index (χ2v) is 13.1. The van der Waals surface area contributed by atoms with Gasteiger partial charge in [-0.15, -0.1) is 0 Å². The Morgan fingerprint density at radius 2 is 1.81 bits per heavy atom. The molecule has 6 nitrogen and oxygen atoms in total. The Morgan fingerprint density at radius 1 is 1.07 bits per heavy atom. The first-order valence-corrected chi connectivity index (χ1v) is 14.9. The van der Waals surface area contributed by atoms with Crippen LogP contribution in [0.1, 0.15) is 80.8 Å². The summed E-state index contributed by atoms with van der Waals surface area (Å²) >= 11 is 0. The normalized spacial score (nSPS) is 28.6. The first-order chi connectivity index (χ1) is 20.0. The van der Waals surface area contributed by atoms with Crippen LogP contribution in [0, 0.1) is 22.7 Å². The van der Waals surface area contributed by atoms with E-state index in [4.69, 9.17) is 9.47 Å². The van der Waals surface area contributed by atoms with Gasteiger partial charge in [-0.2, -0.15) is 0 Å². The van der Waals surface area contributed by atoms with Gasteiger partial charge in [0.25, 0.3) is 0 Å². The third-order valence-corrected chi connectivity index (χ3v) is 10.2. The molecule has 1 spiro atoms. The Bertz CT molecular complexity index is 1430. The highest BCUT2D eigenvalue weighted by Crippen LogP contribution is 2.66. The number of phenolic OH excluding ortho intramolecular Hbond substituents is 2. The van der Waals surface area contributed by atoms with Crippen LogP contribution >= 0.6 is 0 Å². The lowest BCUT2D eigenvalue weighted by Gasteiger charge is -2.59. The van der Waals surface area contributed by atoms with Gasteiger partial charge < -0.3 is 19.7 Å². The van der Waals surface area contributed by atoms with Crippen LogP contribution in [-0.4, -0.2) is 41.6 Å². The van der Waals surface area contributed by atoms with Crippen LogP contribution in [0.15, 0.2) is 60.2 Å². The quantitative estimate of drug-likeness (QED) is 0.106. The van der Waals surface area contributed by atoms with Crippen molar-refractivity contribution in [1.29, 1.82) is 0 Å². The molecule has 0 amide bonds. The van der Waals surface area contributed by atoms with Crippen LogP contribution < -0.4 is 4.74 Å². The molecule has 2 N–H and O–H groups in total. The van der Waals surface area contributed by atoms with Crippen molar-refractivity contribution in [3.63, 3.8) is 0 Å². The summed E-state index contributed by atoms with van der Waals surface area (Å²) in [5.74, 6) is -0.154. The van der Waals surface area contributed by atoms with Crippen LogP contribution in [0.25, 0.3) is 12.2 Å². The van der Waals surface area contributed by atoms with Gasteiger partial charge >= 0.3 is 0 Å². The molecule has 4 atom stereocenters. The molecule has 6 heteroatoms. The minimum absolute atomic E-state index is 0.0423. The monoisotopic (exact) mass is 570 g/mol. The fourth-order valence-corrected chi connectivity index (χ4v) is 8.01. The van der Waals surface area contributed by atoms with Gasteiger partial charge in [0, 0.05) is 11.6 Å². The molecule has 0 aromatic heterocycles. The summed E-state index contributed by atoms with van der Waals surface area (Å²) in [5, 5.41) is 21.8. The molecule has 2 aliphatic carbocycles. The highest BCUT2D eigenvalue weighted by atomic mass is 16.6. The van der Waals surface area contributed by atoms with Gasteiger partial charge in [0.05, 0.1) is 24.9 Å². The number of ether oxygens (including phenoxy) is 2. The zero-order valence-electron chi connectivity index (χ0n) is 25.1. The maximum Gasteiger partial charge on any atom is 0.193 e. The number of carbonyl (C=O) groups is 2. The maximum absolute atomic E-state index is 13.1. The van der Waals surface area contributed by atoms with Crippen molar-refractivity contribution in [2.45, 2.75) is 64.9 Å². The highest BCUT2D eigenvalue weighted by molar-refractivity contribution is 6.11. The lowest BCUT2D eigenvalue weighted by molar-refractivity contribution is -0.106. The van der Waals surface area contributed by atoms with Crippen molar-refractivity contribution in [3.8, 4) is 17.2 Å². The molecule has 222 valence electrons. The van der Waals surface area contributed by atoms with Crippen LogP contribution in [-0.2, 0) is 9.53 Å². The molecular weight excluding hydrogens is 528 g/mol. The number of aldehydes is 1. The Morgan fingerprint density at radius 3 is 2.48 bits per heavy atom. The van der Waals surface area contributed by atoms with Gasteiger partial charge in [-0.05, 0) is 72.5 Å². The Balaban J connectivity index is 1.41. The number of hydrogen-bond donors (Lipinski definition) is 2. The Labute approximate surface area is 248 Å². The van der Waals surface area contributed by atoms with E-state index in [1.165, 1.54) is 51.0 Å². The minimum atomic E-state index is -0.473. The minimum Gasteiger partial charge on any atom is -0.507 e. The van der Waals surface area contributed by atoms with Gasteiger partial charge in [-0.3, -0.25) is 9.59 Å². The van der Waals surface area contributed by atoms with Crippen LogP contribution in [0.4, 0.5) is 0 Å². The maximum atomic E-state index is 13.1. The zero-order valence-corrected chi connectivity index (χ0v) is 25.1. The molecule has 2 saturated carbocycles. The Hall–Kier alpha value is -3.64. The first-order valence-electron chi connectivity index (χ1n) is 14.9. The molecule has 3 aliphatic rings. The van der Waals surface area contributed by atoms with E-state index in [2.05, 4.69) is 20.8 Å². The van der Waals surface area contributed by atoms with E-state index in [1.807, 2.05) is 36.4 Å². The number of hydrogen-bond acceptors (Lipinski definition) is 6. The molecule has 1 saturated heterocycles. The topological polar surface area (TPSA) is 96.4 Å². The number of benzene rings is 2. The third-order valence-electron chi connectivity index (χ3n) is 10.2. The van der Waals surface area contributed by atoms with Crippen LogP contribution in [0.5, 0.6) is 17.2 Å². The largest absolute Gasteiger partial charge is 0.507 e. The Kier molecular flexibility index (Phi) is 8.21. The van der Waals surface area contributed by atoms with E-state index in [0.717, 1.165) is 31.3 Å². The first kappa shape index (κ1) is 29.8. The molecule has 2 aromatic rings. The number of carbonyl (C=O) groups excluding carboxylic acids is 2. The van der Waals surface area contributed by atoms with Crippen LogP contribution in [0.2, 0.25) is 0 Å². The van der Waals surface area contributed by atoms with E-state index < -0.39 is 11.5 Å². The number of phenols is 2. The lowest BCUT2D eigenvalue weighted by Crippen LogP contribution is -2.54. The van der Waals surface area contributed by atoms with Gasteiger partial charge in [0.2, 0.25) is 0 Å². The lowest BCUT2D eigenvalue weighted by atomic mass is 9.46. The van der Waals surface area contributed by atoms with Gasteiger partial charge in [0.1, 0.15) is 29.1 Å². The summed E-state index contributed by atoms with van der Waals surface area (Å²) in [4.78, 5) is 25.2. The molecular formula is C36H42O6. The van der Waals surface area contributed by atoms with Gasteiger partial charge in [0.15, 0.2) is 5.78 Å². The summed E-state index contributed by atoms with van der Waals surface area (Å²) in [7, 11) is 1.37. The summed E-state index contributed by atoms with van der Waals surface area (Å²) < 4.78 is 11.4. The van der Waals surface area contributed by atoms with Crippen molar-refractivity contribution >= 4 is 24.2 Å². The SMILES string of the molecule is COc1cc(O)c(C=CC(C=O)=CC[C@H]2[C@@]3(CC[C@H]4C(C)(C)CCC[C@@]42C)CO3)c(O)c1C(=O)C=Cc1ccccc1. The van der Waals surface area contributed by atoms with Crippen molar-refractivity contribution in [2.75, 3.05) is 13.7 Å². The van der Waals surface area contributed by atoms with E-state index in [1.54, 1.807) is 12.2 Å². The number of aromatic hydroxyl groups is 2. The standard InChI is InChI=1S/C36H42O6/c1-34(2)18-8-19-35(3)30(34)17-20-36(23-42-36)31(35)16-13-25(22-37)11-14-26-28(39)21-29(41-4)32(33(26)40)27(38)15-12-24-9-6-5-7-10-24/h5-7,9-15,21-22,30-31,39-40H,8,16-20,23H2,1-4H3/t30-,31+,35-,36+/m0/s1. The van der Waals surface area contributed by atoms with E-state index in [0.29, 0.717) is 17.4 Å². The fourth-order valence-electron chi connectivity index (χ4n) is 8.01. The summed E-state index contributed by atoms with van der Waals surface area (Å²) in [5.41, 5.74) is 1.58. The molecule has 0 radical (unpaired) electrons. The average molecular weight is 571 g/mol. The second kappa shape index (κ2) is 11.6. The molecule has 1 heterocycles. The van der Waals surface area contributed by atoms with Crippen LogP contribution in [0.3, 0.4) is 0 Å². The predicted octanol–water partition coefficient (Wildman–Crippen LogP) is 7.54. The average Bonchev–Trinajstić information content (AvgIpc) is 3.73. The smallest absolute Gasteiger partial charge is 0.193 e. The number of epoxide rings is 1. The second-order valence-electron chi connectivity index (χ2n) is 13.1. The van der Waals surface area contributed by atoms with Crippen molar-refractivity contribution in [1.82, 2.24) is 0 Å². The highest BCUT2D eigenvalue weighted by Gasteiger charge is 2.64.